The molecule has 1 aliphatic carbocycles. The Morgan fingerprint density at radius 1 is 1.47 bits per heavy atom. The first kappa shape index (κ1) is 11.1. The summed E-state index contributed by atoms with van der Waals surface area (Å²) in [6.45, 7) is 0. The van der Waals surface area contributed by atoms with Gasteiger partial charge in [0.05, 0.1) is 11.0 Å². The van der Waals surface area contributed by atoms with Crippen molar-refractivity contribution in [1.29, 1.82) is 0 Å². The zero-order valence-corrected chi connectivity index (χ0v) is 10.6. The predicted molar refractivity (Wildman–Crippen MR) is 62.2 cm³/mol. The summed E-state index contributed by atoms with van der Waals surface area (Å²) in [4.78, 5) is 3.97. The average molecular weight is 290 g/mol. The van der Waals surface area contributed by atoms with Crippen LogP contribution in [0, 0.1) is 0 Å². The fourth-order valence-electron chi connectivity index (χ4n) is 1.61. The summed E-state index contributed by atoms with van der Waals surface area (Å²) in [6, 6.07) is 3.51. The molecule has 0 aromatic carbocycles. The number of hydrogen-bond donors (Lipinski definition) is 0. The minimum absolute atomic E-state index is 0.107. The molecule has 0 atom stereocenters. The topological polar surface area (TPSA) is 47.0 Å². The molecule has 1 aliphatic rings. The van der Waals surface area contributed by atoms with Gasteiger partial charge in [0.1, 0.15) is 4.60 Å². The van der Waals surface area contributed by atoms with Crippen LogP contribution < -0.4 is 0 Å². The van der Waals surface area contributed by atoms with E-state index < -0.39 is 9.84 Å². The highest BCUT2D eigenvalue weighted by atomic mass is 79.9. The molecule has 1 fully saturated rings. The summed E-state index contributed by atoms with van der Waals surface area (Å²) in [5.74, 6) is 0.138. The largest absolute Gasteiger partial charge is 0.249 e. The molecule has 0 spiro atoms. The maximum Gasteiger partial charge on any atom is 0.157 e. The van der Waals surface area contributed by atoms with E-state index in [-0.39, 0.29) is 11.0 Å². The van der Waals surface area contributed by atoms with Gasteiger partial charge in [-0.05, 0) is 46.5 Å². The fourth-order valence-corrected chi connectivity index (χ4v) is 3.96. The summed E-state index contributed by atoms with van der Waals surface area (Å²) in [5.41, 5.74) is 0.809. The lowest BCUT2D eigenvalue weighted by Gasteiger charge is -2.25. The SMILES string of the molecule is O=S(=O)(Cc1ccnc(Br)c1)C1CCC1. The standard InChI is InChI=1S/C10H12BrNO2S/c11-10-6-8(4-5-12-10)7-15(13,14)9-2-1-3-9/h4-6,9H,1-3,7H2. The zero-order chi connectivity index (χ0) is 10.9. The van der Waals surface area contributed by atoms with E-state index in [1.807, 2.05) is 0 Å². The minimum Gasteiger partial charge on any atom is -0.249 e. The Kier molecular flexibility index (Phi) is 3.11. The molecule has 0 bridgehead atoms. The molecule has 15 heavy (non-hydrogen) atoms. The Hall–Kier alpha value is -0.420. The summed E-state index contributed by atoms with van der Waals surface area (Å²) in [5, 5.41) is -0.107. The van der Waals surface area contributed by atoms with Crippen molar-refractivity contribution in [2.24, 2.45) is 0 Å². The molecule has 0 radical (unpaired) electrons. The number of rotatable bonds is 3. The van der Waals surface area contributed by atoms with Crippen LogP contribution in [0.1, 0.15) is 24.8 Å². The second-order valence-electron chi connectivity index (χ2n) is 3.85. The van der Waals surface area contributed by atoms with Crippen molar-refractivity contribution in [2.45, 2.75) is 30.3 Å². The highest BCUT2D eigenvalue weighted by Gasteiger charge is 2.31. The molecular weight excluding hydrogens is 278 g/mol. The van der Waals surface area contributed by atoms with E-state index in [2.05, 4.69) is 20.9 Å². The molecule has 82 valence electrons. The Bertz CT molecular complexity index is 454. The van der Waals surface area contributed by atoms with Gasteiger partial charge in [-0.3, -0.25) is 0 Å². The number of aromatic nitrogens is 1. The van der Waals surface area contributed by atoms with Crippen molar-refractivity contribution in [2.75, 3.05) is 0 Å². The van der Waals surface area contributed by atoms with Crippen LogP contribution in [0.4, 0.5) is 0 Å². The van der Waals surface area contributed by atoms with Gasteiger partial charge in [-0.2, -0.15) is 0 Å². The third-order valence-corrected chi connectivity index (χ3v) is 5.38. The first-order valence-electron chi connectivity index (χ1n) is 4.90. The van der Waals surface area contributed by atoms with Gasteiger partial charge in [0.2, 0.25) is 0 Å². The lowest BCUT2D eigenvalue weighted by atomic mass is 10.00. The molecule has 3 nitrogen and oxygen atoms in total. The highest BCUT2D eigenvalue weighted by molar-refractivity contribution is 9.10. The number of pyridine rings is 1. The molecule has 1 aromatic rings. The van der Waals surface area contributed by atoms with Crippen molar-refractivity contribution in [1.82, 2.24) is 4.98 Å². The Morgan fingerprint density at radius 2 is 2.20 bits per heavy atom. The van der Waals surface area contributed by atoms with Crippen molar-refractivity contribution in [3.05, 3.63) is 28.5 Å². The van der Waals surface area contributed by atoms with Crippen molar-refractivity contribution in [3.63, 3.8) is 0 Å². The van der Waals surface area contributed by atoms with E-state index in [0.717, 1.165) is 24.8 Å². The molecule has 1 saturated carbocycles. The first-order chi connectivity index (χ1) is 7.08. The van der Waals surface area contributed by atoms with Gasteiger partial charge in [0, 0.05) is 6.20 Å². The Morgan fingerprint density at radius 3 is 2.73 bits per heavy atom. The number of sulfone groups is 1. The lowest BCUT2D eigenvalue weighted by molar-refractivity contribution is 0.476. The summed E-state index contributed by atoms with van der Waals surface area (Å²) in [7, 11) is -2.94. The second kappa shape index (κ2) is 4.22. The molecule has 0 amide bonds. The first-order valence-corrected chi connectivity index (χ1v) is 7.41. The van der Waals surface area contributed by atoms with Gasteiger partial charge < -0.3 is 0 Å². The normalized spacial score (nSPS) is 17.4. The molecule has 2 rings (SSSR count). The van der Waals surface area contributed by atoms with Gasteiger partial charge in [-0.1, -0.05) is 6.42 Å². The number of halogens is 1. The van der Waals surface area contributed by atoms with Gasteiger partial charge in [-0.25, -0.2) is 13.4 Å². The quantitative estimate of drug-likeness (QED) is 0.803. The maximum absolute atomic E-state index is 11.9. The molecule has 5 heteroatoms. The lowest BCUT2D eigenvalue weighted by Crippen LogP contribution is -2.29. The molecule has 0 unspecified atom stereocenters. The highest BCUT2D eigenvalue weighted by Crippen LogP contribution is 2.28. The molecular formula is C10H12BrNO2S. The van der Waals surface area contributed by atoms with Crippen LogP contribution in [0.3, 0.4) is 0 Å². The molecule has 0 saturated heterocycles. The van der Waals surface area contributed by atoms with Gasteiger partial charge in [0.15, 0.2) is 9.84 Å². The van der Waals surface area contributed by atoms with E-state index in [1.165, 1.54) is 0 Å². The van der Waals surface area contributed by atoms with E-state index in [1.54, 1.807) is 18.3 Å². The average Bonchev–Trinajstić information content (AvgIpc) is 1.97. The Balaban J connectivity index is 2.14. The number of nitrogens with zero attached hydrogens (tertiary/aromatic N) is 1. The summed E-state index contributed by atoms with van der Waals surface area (Å²) < 4.78 is 24.4. The van der Waals surface area contributed by atoms with Crippen LogP contribution in [-0.2, 0) is 15.6 Å². The smallest absolute Gasteiger partial charge is 0.157 e. The van der Waals surface area contributed by atoms with E-state index in [9.17, 15) is 8.42 Å². The predicted octanol–water partition coefficient (Wildman–Crippen LogP) is 2.31. The monoisotopic (exact) mass is 289 g/mol. The van der Waals surface area contributed by atoms with Crippen molar-refractivity contribution in [3.8, 4) is 0 Å². The van der Waals surface area contributed by atoms with Gasteiger partial charge in [-0.15, -0.1) is 0 Å². The van der Waals surface area contributed by atoms with E-state index in [0.29, 0.717) is 4.60 Å². The molecule has 1 heterocycles. The van der Waals surface area contributed by atoms with Crippen LogP contribution in [0.2, 0.25) is 0 Å². The summed E-state index contributed by atoms with van der Waals surface area (Å²) in [6.07, 6.45) is 4.32. The third-order valence-electron chi connectivity index (χ3n) is 2.72. The maximum atomic E-state index is 11.9. The van der Waals surface area contributed by atoms with Gasteiger partial charge >= 0.3 is 0 Å². The van der Waals surface area contributed by atoms with Crippen LogP contribution in [0.15, 0.2) is 22.9 Å². The van der Waals surface area contributed by atoms with Crippen LogP contribution in [-0.4, -0.2) is 18.7 Å². The van der Waals surface area contributed by atoms with Crippen LogP contribution >= 0.6 is 15.9 Å². The van der Waals surface area contributed by atoms with Crippen molar-refractivity contribution >= 4 is 25.8 Å². The summed E-state index contributed by atoms with van der Waals surface area (Å²) >= 11 is 3.23. The van der Waals surface area contributed by atoms with E-state index >= 15 is 0 Å². The molecule has 0 N–H and O–H groups in total. The Labute approximate surface area is 98.0 Å². The van der Waals surface area contributed by atoms with Crippen LogP contribution in [0.25, 0.3) is 0 Å². The van der Waals surface area contributed by atoms with Crippen LogP contribution in [0.5, 0.6) is 0 Å². The third kappa shape index (κ3) is 2.58. The van der Waals surface area contributed by atoms with Crippen molar-refractivity contribution < 1.29 is 8.42 Å². The molecule has 1 aromatic heterocycles. The fraction of sp³-hybridized carbons (Fsp3) is 0.500. The second-order valence-corrected chi connectivity index (χ2v) is 6.94. The van der Waals surface area contributed by atoms with E-state index in [4.69, 9.17) is 0 Å². The number of hydrogen-bond acceptors (Lipinski definition) is 3. The zero-order valence-electron chi connectivity index (χ0n) is 8.19. The minimum atomic E-state index is -2.94. The molecule has 0 aliphatic heterocycles. The van der Waals surface area contributed by atoms with Gasteiger partial charge in [0.25, 0.3) is 0 Å².